The van der Waals surface area contributed by atoms with Crippen LogP contribution in [0.25, 0.3) is 0 Å². The highest BCUT2D eigenvalue weighted by Gasteiger charge is 2.23. The van der Waals surface area contributed by atoms with E-state index in [1.807, 2.05) is 50.4 Å². The molecule has 1 heterocycles. The summed E-state index contributed by atoms with van der Waals surface area (Å²) in [6.45, 7) is 6.02. The van der Waals surface area contributed by atoms with E-state index >= 15 is 0 Å². The molecule has 0 fully saturated rings. The Balaban J connectivity index is 2.17. The monoisotopic (exact) mass is 323 g/mol. The lowest BCUT2D eigenvalue weighted by Crippen LogP contribution is -2.39. The number of hydrogen-bond acceptors (Lipinski definition) is 3. The minimum atomic E-state index is -3.47. The first-order chi connectivity index (χ1) is 9.88. The van der Waals surface area contributed by atoms with E-state index in [-0.39, 0.29) is 12.0 Å². The molecule has 1 N–H and O–H groups in total. The van der Waals surface area contributed by atoms with Crippen molar-refractivity contribution in [3.05, 3.63) is 52.2 Å². The molecule has 0 aliphatic rings. The van der Waals surface area contributed by atoms with E-state index in [9.17, 15) is 8.42 Å². The molecule has 2 rings (SSSR count). The average molecular weight is 323 g/mol. The van der Waals surface area contributed by atoms with E-state index in [4.69, 9.17) is 0 Å². The molecule has 5 heteroatoms. The fourth-order valence-corrected chi connectivity index (χ4v) is 4.19. The molecule has 2 aromatic rings. The van der Waals surface area contributed by atoms with Gasteiger partial charge in [-0.2, -0.15) is 0 Å². The van der Waals surface area contributed by atoms with Crippen molar-refractivity contribution in [2.45, 2.75) is 38.1 Å². The number of aryl methyl sites for hydroxylation is 1. The smallest absolute Gasteiger partial charge is 0.207 e. The van der Waals surface area contributed by atoms with Crippen LogP contribution in [0.3, 0.4) is 0 Å². The Labute approximate surface area is 131 Å². The maximum absolute atomic E-state index is 12.5. The summed E-state index contributed by atoms with van der Waals surface area (Å²) >= 11 is 1.66. The van der Waals surface area contributed by atoms with Crippen LogP contribution in [0.1, 0.15) is 24.3 Å². The number of hydrogen-bond donors (Lipinski definition) is 1. The molecule has 1 atom stereocenters. The number of rotatable bonds is 6. The topological polar surface area (TPSA) is 46.2 Å². The summed E-state index contributed by atoms with van der Waals surface area (Å²) in [7, 11) is -3.47. The summed E-state index contributed by atoms with van der Waals surface area (Å²) in [6.07, 6.45) is 0.723. The Morgan fingerprint density at radius 3 is 2.33 bits per heavy atom. The van der Waals surface area contributed by atoms with Gasteiger partial charge in [-0.15, -0.1) is 11.3 Å². The molecule has 0 aliphatic carbocycles. The third-order valence-corrected chi connectivity index (χ3v) is 5.85. The number of nitrogens with one attached hydrogen (secondary N) is 1. The molecule has 1 aromatic carbocycles. The first-order valence-corrected chi connectivity index (χ1v) is 9.36. The van der Waals surface area contributed by atoms with Crippen molar-refractivity contribution in [2.75, 3.05) is 0 Å². The van der Waals surface area contributed by atoms with Crippen LogP contribution in [0.4, 0.5) is 0 Å². The van der Waals surface area contributed by atoms with Gasteiger partial charge in [-0.3, -0.25) is 0 Å². The highest BCUT2D eigenvalue weighted by Crippen LogP contribution is 2.18. The molecule has 114 valence electrons. The maximum atomic E-state index is 12.5. The Kier molecular flexibility index (Phi) is 5.19. The van der Waals surface area contributed by atoms with Gasteiger partial charge < -0.3 is 0 Å². The van der Waals surface area contributed by atoms with Gasteiger partial charge in [-0.1, -0.05) is 37.6 Å². The average Bonchev–Trinajstić information content (AvgIpc) is 2.91. The van der Waals surface area contributed by atoms with Crippen LogP contribution in [-0.2, 0) is 16.4 Å². The molecule has 1 aromatic heterocycles. The number of sulfonamides is 1. The summed E-state index contributed by atoms with van der Waals surface area (Å²) < 4.78 is 27.8. The summed E-state index contributed by atoms with van der Waals surface area (Å²) in [4.78, 5) is 1.52. The fourth-order valence-electron chi connectivity index (χ4n) is 2.04. The molecule has 0 saturated heterocycles. The van der Waals surface area contributed by atoms with Gasteiger partial charge >= 0.3 is 0 Å². The zero-order chi connectivity index (χ0) is 15.5. The lowest BCUT2D eigenvalue weighted by Gasteiger charge is -2.22. The molecule has 0 spiro atoms. The Morgan fingerprint density at radius 1 is 1.14 bits per heavy atom. The van der Waals surface area contributed by atoms with Gasteiger partial charge in [0.15, 0.2) is 0 Å². The number of benzene rings is 1. The fraction of sp³-hybridized carbons (Fsp3) is 0.375. The van der Waals surface area contributed by atoms with E-state index in [1.54, 1.807) is 23.5 Å². The summed E-state index contributed by atoms with van der Waals surface area (Å²) in [5, 5.41) is 2.02. The van der Waals surface area contributed by atoms with Crippen LogP contribution in [0.15, 0.2) is 46.7 Å². The van der Waals surface area contributed by atoms with Crippen molar-refractivity contribution in [3.63, 3.8) is 0 Å². The second kappa shape index (κ2) is 6.73. The lowest BCUT2D eigenvalue weighted by molar-refractivity contribution is 0.447. The van der Waals surface area contributed by atoms with E-state index in [0.29, 0.717) is 4.90 Å². The first-order valence-electron chi connectivity index (χ1n) is 7.00. The summed E-state index contributed by atoms with van der Waals surface area (Å²) in [5.74, 6) is 0.229. The van der Waals surface area contributed by atoms with Crippen LogP contribution in [-0.4, -0.2) is 14.5 Å². The molecule has 0 amide bonds. The minimum absolute atomic E-state index is 0.102. The van der Waals surface area contributed by atoms with E-state index in [2.05, 4.69) is 4.72 Å². The second-order valence-electron chi connectivity index (χ2n) is 5.57. The van der Waals surface area contributed by atoms with Gasteiger partial charge in [0.05, 0.1) is 4.90 Å². The van der Waals surface area contributed by atoms with E-state index in [0.717, 1.165) is 12.0 Å². The van der Waals surface area contributed by atoms with Crippen molar-refractivity contribution in [2.24, 2.45) is 5.92 Å². The first kappa shape index (κ1) is 16.2. The highest BCUT2D eigenvalue weighted by molar-refractivity contribution is 7.89. The van der Waals surface area contributed by atoms with Crippen LogP contribution in [0.5, 0.6) is 0 Å². The van der Waals surface area contributed by atoms with Gasteiger partial charge in [0.2, 0.25) is 10.0 Å². The molecule has 0 radical (unpaired) electrons. The molecule has 3 nitrogen and oxygen atoms in total. The van der Waals surface area contributed by atoms with Crippen molar-refractivity contribution in [1.82, 2.24) is 4.72 Å². The third-order valence-electron chi connectivity index (χ3n) is 3.44. The Bertz CT molecular complexity index is 659. The molecule has 0 saturated carbocycles. The molecular formula is C16H21NO2S2. The lowest BCUT2D eigenvalue weighted by atomic mass is 10.0. The normalized spacial score (nSPS) is 13.5. The van der Waals surface area contributed by atoms with Crippen LogP contribution in [0, 0.1) is 12.8 Å². The Hall–Kier alpha value is -1.17. The molecule has 1 unspecified atom stereocenters. The van der Waals surface area contributed by atoms with Gasteiger partial charge in [0.25, 0.3) is 0 Å². The van der Waals surface area contributed by atoms with Gasteiger partial charge in [0.1, 0.15) is 0 Å². The van der Waals surface area contributed by atoms with Crippen LogP contribution < -0.4 is 4.72 Å². The van der Waals surface area contributed by atoms with Crippen LogP contribution >= 0.6 is 11.3 Å². The predicted molar refractivity (Wildman–Crippen MR) is 88.1 cm³/mol. The van der Waals surface area contributed by atoms with Crippen LogP contribution in [0.2, 0.25) is 0 Å². The number of thiophene rings is 1. The largest absolute Gasteiger partial charge is 0.240 e. The van der Waals surface area contributed by atoms with Crippen molar-refractivity contribution in [3.8, 4) is 0 Å². The van der Waals surface area contributed by atoms with Gasteiger partial charge in [-0.05, 0) is 42.8 Å². The molecule has 0 aliphatic heterocycles. The van der Waals surface area contributed by atoms with Gasteiger partial charge in [0, 0.05) is 10.9 Å². The van der Waals surface area contributed by atoms with Crippen molar-refractivity contribution >= 4 is 21.4 Å². The summed E-state index contributed by atoms with van der Waals surface area (Å²) in [5.41, 5.74) is 1.05. The zero-order valence-corrected chi connectivity index (χ0v) is 14.2. The quantitative estimate of drug-likeness (QED) is 0.883. The Morgan fingerprint density at radius 2 is 1.81 bits per heavy atom. The highest BCUT2D eigenvalue weighted by atomic mass is 32.2. The standard InChI is InChI=1S/C16H21NO2S2/c1-12(2)16(11-14-5-4-10-20-14)17-21(18,19)15-8-6-13(3)7-9-15/h4-10,12,16-17H,11H2,1-3H3. The van der Waals surface area contributed by atoms with Crippen molar-refractivity contribution < 1.29 is 8.42 Å². The minimum Gasteiger partial charge on any atom is -0.207 e. The van der Waals surface area contributed by atoms with Gasteiger partial charge in [-0.25, -0.2) is 13.1 Å². The molecular weight excluding hydrogens is 302 g/mol. The zero-order valence-electron chi connectivity index (χ0n) is 12.5. The van der Waals surface area contributed by atoms with E-state index in [1.165, 1.54) is 4.88 Å². The second-order valence-corrected chi connectivity index (χ2v) is 8.31. The van der Waals surface area contributed by atoms with Crippen molar-refractivity contribution in [1.29, 1.82) is 0 Å². The van der Waals surface area contributed by atoms with E-state index < -0.39 is 10.0 Å². The SMILES string of the molecule is Cc1ccc(S(=O)(=O)NC(Cc2cccs2)C(C)C)cc1. The summed E-state index contributed by atoms with van der Waals surface area (Å²) in [6, 6.07) is 10.9. The molecule has 21 heavy (non-hydrogen) atoms. The predicted octanol–water partition coefficient (Wildman–Crippen LogP) is 3.60. The molecule has 0 bridgehead atoms. The third kappa shape index (κ3) is 4.40. The maximum Gasteiger partial charge on any atom is 0.240 e.